The summed E-state index contributed by atoms with van der Waals surface area (Å²) < 4.78 is 0. The van der Waals surface area contributed by atoms with Crippen molar-refractivity contribution >= 4 is 23.9 Å². The fourth-order valence-corrected chi connectivity index (χ4v) is 1.45. The van der Waals surface area contributed by atoms with Crippen LogP contribution in [0.25, 0.3) is 0 Å². The van der Waals surface area contributed by atoms with Gasteiger partial charge in [-0.2, -0.15) is 0 Å². The molecule has 12 heteroatoms. The second kappa shape index (κ2) is 15.0. The fourth-order valence-electron chi connectivity index (χ4n) is 1.45. The predicted molar refractivity (Wildman–Crippen MR) is 95.7 cm³/mol. The summed E-state index contributed by atoms with van der Waals surface area (Å²) in [5.41, 5.74) is 30.8. The van der Waals surface area contributed by atoms with E-state index in [0.29, 0.717) is 38.8 Å². The third-order valence-electron chi connectivity index (χ3n) is 2.82. The largest absolute Gasteiger partial charge is 0.480 e. The molecule has 0 aromatic heterocycles. The van der Waals surface area contributed by atoms with E-state index in [0.717, 1.165) is 6.42 Å². The molecule has 0 spiro atoms. The van der Waals surface area contributed by atoms with E-state index in [1.54, 1.807) is 0 Å². The Hall–Kier alpha value is -2.60. The summed E-state index contributed by atoms with van der Waals surface area (Å²) in [6, 6.07) is -1.60. The number of unbranched alkanes of at least 4 members (excludes halogenated alkanes) is 1. The van der Waals surface area contributed by atoms with Crippen LogP contribution in [0.5, 0.6) is 0 Å². The molecule has 146 valence electrons. The van der Waals surface area contributed by atoms with E-state index in [1.807, 2.05) is 0 Å². The van der Waals surface area contributed by atoms with Gasteiger partial charge in [-0.1, -0.05) is 0 Å². The van der Waals surface area contributed by atoms with Gasteiger partial charge in [0.15, 0.2) is 11.9 Å². The average molecular weight is 362 g/mol. The van der Waals surface area contributed by atoms with E-state index in [1.165, 1.54) is 0 Å². The van der Waals surface area contributed by atoms with Gasteiger partial charge in [-0.15, -0.1) is 0 Å². The van der Waals surface area contributed by atoms with Crippen LogP contribution in [0, 0.1) is 0 Å². The molecule has 0 bridgehead atoms. The SMILES string of the molecule is NC(N)=NCCCC[C@H](N)C(=O)O.NC(N)=NCCC[C@H](N)C(=O)O. The molecule has 0 aliphatic rings. The second-order valence-electron chi connectivity index (χ2n) is 5.14. The Morgan fingerprint density at radius 2 is 1.08 bits per heavy atom. The third kappa shape index (κ3) is 19.4. The van der Waals surface area contributed by atoms with Gasteiger partial charge >= 0.3 is 11.9 Å². The summed E-state index contributed by atoms with van der Waals surface area (Å²) in [5.74, 6) is -1.90. The van der Waals surface area contributed by atoms with Crippen molar-refractivity contribution in [2.75, 3.05) is 13.1 Å². The Morgan fingerprint density at radius 3 is 1.44 bits per heavy atom. The number of carboxylic acid groups (broad SMARTS) is 2. The lowest BCUT2D eigenvalue weighted by atomic mass is 10.1. The molecular formula is C13H30N8O4. The van der Waals surface area contributed by atoms with E-state index in [9.17, 15) is 9.59 Å². The maximum atomic E-state index is 10.3. The Labute approximate surface area is 146 Å². The smallest absolute Gasteiger partial charge is 0.320 e. The van der Waals surface area contributed by atoms with E-state index >= 15 is 0 Å². The highest BCUT2D eigenvalue weighted by Gasteiger charge is 2.10. The van der Waals surface area contributed by atoms with Crippen LogP contribution in [-0.4, -0.2) is 59.2 Å². The van der Waals surface area contributed by atoms with Crippen LogP contribution in [0.1, 0.15) is 32.1 Å². The molecule has 0 aromatic rings. The predicted octanol–water partition coefficient (Wildman–Crippen LogP) is -2.71. The van der Waals surface area contributed by atoms with Gasteiger partial charge in [0.2, 0.25) is 0 Å². The van der Waals surface area contributed by atoms with Gasteiger partial charge in [-0.05, 0) is 32.1 Å². The number of carbonyl (C=O) groups is 2. The zero-order chi connectivity index (χ0) is 19.8. The molecule has 25 heavy (non-hydrogen) atoms. The van der Waals surface area contributed by atoms with Crippen molar-refractivity contribution in [1.82, 2.24) is 0 Å². The van der Waals surface area contributed by atoms with Gasteiger partial charge in [0.05, 0.1) is 0 Å². The summed E-state index contributed by atoms with van der Waals surface area (Å²) in [6.07, 6.45) is 2.87. The lowest BCUT2D eigenvalue weighted by Gasteiger charge is -2.04. The molecule has 2 atom stereocenters. The van der Waals surface area contributed by atoms with E-state index in [4.69, 9.17) is 44.6 Å². The number of aliphatic carboxylic acids is 2. The molecule has 0 saturated carbocycles. The highest BCUT2D eigenvalue weighted by atomic mass is 16.4. The van der Waals surface area contributed by atoms with Crippen molar-refractivity contribution in [3.8, 4) is 0 Å². The quantitative estimate of drug-likeness (QED) is 0.107. The summed E-state index contributed by atoms with van der Waals surface area (Å²) in [7, 11) is 0. The van der Waals surface area contributed by atoms with Crippen LogP contribution in [-0.2, 0) is 9.59 Å². The maximum Gasteiger partial charge on any atom is 0.320 e. The minimum absolute atomic E-state index is 0.0129. The van der Waals surface area contributed by atoms with Crippen LogP contribution in [0.15, 0.2) is 9.98 Å². The Balaban J connectivity index is 0. The number of hydrogen-bond acceptors (Lipinski definition) is 6. The lowest BCUT2D eigenvalue weighted by Crippen LogP contribution is -2.30. The molecular weight excluding hydrogens is 332 g/mol. The molecule has 0 heterocycles. The topological polar surface area (TPSA) is 255 Å². The average Bonchev–Trinajstić information content (AvgIpc) is 2.50. The third-order valence-corrected chi connectivity index (χ3v) is 2.82. The van der Waals surface area contributed by atoms with Gasteiger partial charge in [0.25, 0.3) is 0 Å². The molecule has 0 aromatic carbocycles. The first kappa shape index (κ1) is 24.6. The van der Waals surface area contributed by atoms with Crippen LogP contribution >= 0.6 is 0 Å². The Bertz CT molecular complexity index is 447. The Kier molecular flexibility index (Phi) is 14.7. The molecule has 14 N–H and O–H groups in total. The summed E-state index contributed by atoms with van der Waals surface area (Å²) in [5, 5.41) is 16.8. The summed E-state index contributed by atoms with van der Waals surface area (Å²) in [4.78, 5) is 27.9. The van der Waals surface area contributed by atoms with Gasteiger partial charge < -0.3 is 44.6 Å². The minimum atomic E-state index is -1.00. The van der Waals surface area contributed by atoms with Crippen molar-refractivity contribution in [2.24, 2.45) is 44.4 Å². The highest BCUT2D eigenvalue weighted by molar-refractivity contribution is 5.76. The number of carboxylic acids is 2. The first-order chi connectivity index (χ1) is 11.6. The second-order valence-corrected chi connectivity index (χ2v) is 5.14. The number of rotatable bonds is 11. The first-order valence-corrected chi connectivity index (χ1v) is 7.65. The molecule has 0 aliphatic heterocycles. The van der Waals surface area contributed by atoms with Gasteiger partial charge in [0.1, 0.15) is 12.1 Å². The van der Waals surface area contributed by atoms with Crippen LogP contribution < -0.4 is 34.4 Å². The van der Waals surface area contributed by atoms with Gasteiger partial charge in [-0.3, -0.25) is 19.6 Å². The van der Waals surface area contributed by atoms with Crippen LogP contribution in [0.2, 0.25) is 0 Å². The highest BCUT2D eigenvalue weighted by Crippen LogP contribution is 1.99. The van der Waals surface area contributed by atoms with Crippen molar-refractivity contribution < 1.29 is 19.8 Å². The molecule has 0 saturated heterocycles. The van der Waals surface area contributed by atoms with Gasteiger partial charge in [-0.25, -0.2) is 0 Å². The standard InChI is InChI=1S/C7H16N4O2.C6H14N4O2/c8-5(6(12)13)3-1-2-4-11-7(9)10;7-4(5(11)12)2-1-3-10-6(8)9/h5H,1-4,8H2,(H,12,13)(H4,9,10,11);4H,1-3,7H2,(H,11,12)(H4,8,9,10)/t5-;4-/m00/s1. The van der Waals surface area contributed by atoms with Crippen LogP contribution in [0.4, 0.5) is 0 Å². The zero-order valence-electron chi connectivity index (χ0n) is 14.2. The van der Waals surface area contributed by atoms with E-state index in [2.05, 4.69) is 9.98 Å². The summed E-state index contributed by atoms with van der Waals surface area (Å²) >= 11 is 0. The van der Waals surface area contributed by atoms with E-state index < -0.39 is 24.0 Å². The van der Waals surface area contributed by atoms with Crippen LogP contribution in [0.3, 0.4) is 0 Å². The zero-order valence-corrected chi connectivity index (χ0v) is 14.2. The number of guanidine groups is 2. The van der Waals surface area contributed by atoms with Crippen molar-refractivity contribution in [1.29, 1.82) is 0 Å². The van der Waals surface area contributed by atoms with E-state index in [-0.39, 0.29) is 11.9 Å². The molecule has 0 rings (SSSR count). The lowest BCUT2D eigenvalue weighted by molar-refractivity contribution is -0.139. The monoisotopic (exact) mass is 362 g/mol. The van der Waals surface area contributed by atoms with Crippen molar-refractivity contribution in [3.63, 3.8) is 0 Å². The molecule has 0 radical (unpaired) electrons. The molecule has 12 nitrogen and oxygen atoms in total. The minimum Gasteiger partial charge on any atom is -0.480 e. The fraction of sp³-hybridized carbons (Fsp3) is 0.692. The number of nitrogens with two attached hydrogens (primary N) is 6. The Morgan fingerprint density at radius 1 is 0.720 bits per heavy atom. The van der Waals surface area contributed by atoms with Crippen molar-refractivity contribution in [3.05, 3.63) is 0 Å². The number of nitrogens with zero attached hydrogens (tertiary/aromatic N) is 2. The normalized spacial score (nSPS) is 12.1. The molecule has 0 unspecified atom stereocenters. The number of hydrogen-bond donors (Lipinski definition) is 8. The summed E-state index contributed by atoms with van der Waals surface area (Å²) in [6.45, 7) is 0.942. The molecule has 0 aliphatic carbocycles. The maximum absolute atomic E-state index is 10.3. The van der Waals surface area contributed by atoms with Crippen molar-refractivity contribution in [2.45, 2.75) is 44.2 Å². The molecule has 0 fully saturated rings. The van der Waals surface area contributed by atoms with Gasteiger partial charge in [0, 0.05) is 13.1 Å². The molecule has 0 amide bonds. The number of aliphatic imine (C=N–C) groups is 2. The first-order valence-electron chi connectivity index (χ1n) is 7.65.